The zero-order chi connectivity index (χ0) is 30.3. The lowest BCUT2D eigenvalue weighted by Crippen LogP contribution is -2.36. The molecule has 5 rings (SSSR count). The number of nitrogens with zero attached hydrogens (tertiary/aromatic N) is 1. The van der Waals surface area contributed by atoms with E-state index >= 15 is 4.39 Å². The SMILES string of the molecule is O=C1O[C@@H](CNC(=S)C(F)F)CN1c1ccc(Nc2ccc(Nc3ccc(Nc4ccccc4)cc3)c(=O)cc2)c(F)c1. The summed E-state index contributed by atoms with van der Waals surface area (Å²) in [7, 11) is 0. The lowest BCUT2D eigenvalue weighted by Gasteiger charge is -2.15. The minimum absolute atomic E-state index is 0.0345. The summed E-state index contributed by atoms with van der Waals surface area (Å²) in [5.74, 6) is -0.651. The predicted octanol–water partition coefficient (Wildman–Crippen LogP) is 6.92. The number of amides is 1. The van der Waals surface area contributed by atoms with Gasteiger partial charge in [0.25, 0.3) is 6.43 Å². The van der Waals surface area contributed by atoms with Crippen molar-refractivity contribution < 1.29 is 22.7 Å². The van der Waals surface area contributed by atoms with Gasteiger partial charge >= 0.3 is 6.09 Å². The summed E-state index contributed by atoms with van der Waals surface area (Å²) in [5, 5.41) is 11.7. The molecule has 1 atom stereocenters. The van der Waals surface area contributed by atoms with Gasteiger partial charge in [-0.05, 0) is 78.9 Å². The van der Waals surface area contributed by atoms with Crippen LogP contribution >= 0.6 is 12.2 Å². The second kappa shape index (κ2) is 13.3. The standard InChI is InChI=1S/C31H26F3N5O3S/c32-25-16-23(39-18-24(42-31(39)41)17-35-30(43)29(33)34)12-14-26(25)37-22-10-13-27(28(40)15-11-22)38-21-8-6-20(7-9-21)36-19-4-2-1-3-5-19/h1-16,24,29,36-37H,17-18H2,(H,35,43)(H,38,40)/t24-/m0/s1. The topological polar surface area (TPSA) is 94.7 Å². The molecule has 4 aromatic rings. The normalized spacial score (nSPS) is 14.3. The average Bonchev–Trinajstić information content (AvgIpc) is 3.29. The van der Waals surface area contributed by atoms with E-state index in [1.807, 2.05) is 54.6 Å². The lowest BCUT2D eigenvalue weighted by atomic mass is 10.2. The number of para-hydroxylation sites is 1. The van der Waals surface area contributed by atoms with Crippen LogP contribution < -0.4 is 31.6 Å². The molecule has 1 aliphatic rings. The second-order valence-corrected chi connectivity index (χ2v) is 9.98. The molecule has 0 spiro atoms. The van der Waals surface area contributed by atoms with Crippen molar-refractivity contribution in [2.45, 2.75) is 12.5 Å². The quantitative estimate of drug-likeness (QED) is 0.145. The van der Waals surface area contributed by atoms with Crippen LogP contribution in [0, 0.1) is 5.82 Å². The molecule has 1 saturated heterocycles. The van der Waals surface area contributed by atoms with Crippen LogP contribution in [0.3, 0.4) is 0 Å². The molecule has 8 nitrogen and oxygen atoms in total. The maximum absolute atomic E-state index is 15.0. The number of hydrogen-bond donors (Lipinski definition) is 4. The largest absolute Gasteiger partial charge is 0.442 e. The van der Waals surface area contributed by atoms with Crippen molar-refractivity contribution in [1.29, 1.82) is 0 Å². The molecule has 1 fully saturated rings. The number of ether oxygens (including phenoxy) is 1. The number of alkyl halides is 2. The number of benzene rings is 3. The molecule has 0 aromatic heterocycles. The summed E-state index contributed by atoms with van der Waals surface area (Å²) in [6, 6.07) is 27.5. The van der Waals surface area contributed by atoms with Crippen molar-refractivity contribution in [1.82, 2.24) is 5.32 Å². The van der Waals surface area contributed by atoms with Crippen LogP contribution in [0.1, 0.15) is 0 Å². The molecule has 1 amide bonds. The van der Waals surface area contributed by atoms with Gasteiger partial charge in [0.2, 0.25) is 5.43 Å². The highest BCUT2D eigenvalue weighted by Crippen LogP contribution is 2.28. The predicted molar refractivity (Wildman–Crippen MR) is 166 cm³/mol. The van der Waals surface area contributed by atoms with Crippen LogP contribution in [-0.2, 0) is 4.74 Å². The Labute approximate surface area is 250 Å². The second-order valence-electron chi connectivity index (χ2n) is 9.54. The van der Waals surface area contributed by atoms with E-state index in [0.29, 0.717) is 17.1 Å². The Balaban J connectivity index is 1.21. The monoisotopic (exact) mass is 605 g/mol. The van der Waals surface area contributed by atoms with Crippen molar-refractivity contribution in [3.8, 4) is 0 Å². The highest BCUT2D eigenvalue weighted by molar-refractivity contribution is 7.80. The summed E-state index contributed by atoms with van der Waals surface area (Å²) in [5.41, 5.74) is 3.45. The summed E-state index contributed by atoms with van der Waals surface area (Å²) in [6.07, 6.45) is -4.27. The Morgan fingerprint density at radius 1 is 0.814 bits per heavy atom. The van der Waals surface area contributed by atoms with Crippen LogP contribution in [0.15, 0.2) is 102 Å². The molecule has 0 bridgehead atoms. The molecule has 0 saturated carbocycles. The average molecular weight is 606 g/mol. The first kappa shape index (κ1) is 29.4. The fourth-order valence-corrected chi connectivity index (χ4v) is 4.38. The zero-order valence-corrected chi connectivity index (χ0v) is 23.3. The van der Waals surface area contributed by atoms with E-state index in [2.05, 4.69) is 33.5 Å². The third-order valence-electron chi connectivity index (χ3n) is 6.46. The van der Waals surface area contributed by atoms with Gasteiger partial charge in [0, 0.05) is 22.7 Å². The fourth-order valence-electron chi connectivity index (χ4n) is 4.29. The van der Waals surface area contributed by atoms with Crippen LogP contribution in [0.5, 0.6) is 0 Å². The van der Waals surface area contributed by atoms with Crippen molar-refractivity contribution in [3.63, 3.8) is 0 Å². The minimum Gasteiger partial charge on any atom is -0.442 e. The number of anilines is 7. The lowest BCUT2D eigenvalue weighted by molar-refractivity contribution is 0.142. The molecule has 1 heterocycles. The van der Waals surface area contributed by atoms with Crippen molar-refractivity contribution in [2.75, 3.05) is 33.9 Å². The molecule has 43 heavy (non-hydrogen) atoms. The number of rotatable bonds is 10. The van der Waals surface area contributed by atoms with E-state index < -0.39 is 29.4 Å². The van der Waals surface area contributed by atoms with E-state index in [1.165, 1.54) is 29.2 Å². The zero-order valence-electron chi connectivity index (χ0n) is 22.5. The Bertz CT molecular complexity index is 1680. The number of hydrogen-bond acceptors (Lipinski definition) is 7. The van der Waals surface area contributed by atoms with Gasteiger partial charge in [-0.2, -0.15) is 0 Å². The molecular formula is C31H26F3N5O3S. The maximum atomic E-state index is 15.0. The Hall–Kier alpha value is -5.10. The van der Waals surface area contributed by atoms with Gasteiger partial charge in [0.1, 0.15) is 16.9 Å². The number of nitrogens with one attached hydrogen (secondary N) is 4. The Morgan fingerprint density at radius 2 is 1.40 bits per heavy atom. The van der Waals surface area contributed by atoms with E-state index in [9.17, 15) is 18.4 Å². The van der Waals surface area contributed by atoms with Gasteiger partial charge in [0.15, 0.2) is 0 Å². The highest BCUT2D eigenvalue weighted by Gasteiger charge is 2.33. The summed E-state index contributed by atoms with van der Waals surface area (Å²) in [4.78, 5) is 25.6. The van der Waals surface area contributed by atoms with Gasteiger partial charge in [0.05, 0.1) is 30.2 Å². The number of thiocarbonyl (C=S) groups is 1. The molecular weight excluding hydrogens is 579 g/mol. The summed E-state index contributed by atoms with van der Waals surface area (Å²) in [6.45, 7) is -0.0549. The van der Waals surface area contributed by atoms with Crippen LogP contribution in [-0.4, -0.2) is 36.7 Å². The smallest absolute Gasteiger partial charge is 0.414 e. The van der Waals surface area contributed by atoms with Crippen molar-refractivity contribution in [2.24, 2.45) is 0 Å². The molecule has 0 radical (unpaired) electrons. The first-order valence-corrected chi connectivity index (χ1v) is 13.6. The van der Waals surface area contributed by atoms with E-state index in [1.54, 1.807) is 12.1 Å². The third kappa shape index (κ3) is 7.60. The molecule has 1 aliphatic heterocycles. The number of carbonyl (C=O) groups excluding carboxylic acids is 1. The molecule has 0 unspecified atom stereocenters. The summed E-state index contributed by atoms with van der Waals surface area (Å²) >= 11 is 4.53. The molecule has 220 valence electrons. The maximum Gasteiger partial charge on any atom is 0.414 e. The molecule has 4 aromatic carbocycles. The van der Waals surface area contributed by atoms with E-state index in [0.717, 1.165) is 17.4 Å². The minimum atomic E-state index is -2.81. The van der Waals surface area contributed by atoms with Crippen LogP contribution in [0.2, 0.25) is 0 Å². The third-order valence-corrected chi connectivity index (χ3v) is 6.78. The van der Waals surface area contributed by atoms with Gasteiger partial charge in [-0.1, -0.05) is 30.4 Å². The first-order valence-electron chi connectivity index (χ1n) is 13.2. The van der Waals surface area contributed by atoms with Crippen LogP contribution in [0.4, 0.5) is 57.8 Å². The Kier molecular flexibility index (Phi) is 9.06. The van der Waals surface area contributed by atoms with Gasteiger partial charge < -0.3 is 26.0 Å². The Morgan fingerprint density at radius 3 is 2.07 bits per heavy atom. The van der Waals surface area contributed by atoms with Gasteiger partial charge in [-0.3, -0.25) is 9.69 Å². The van der Waals surface area contributed by atoms with Gasteiger partial charge in [-0.25, -0.2) is 18.0 Å². The highest BCUT2D eigenvalue weighted by atomic mass is 32.1. The molecule has 0 aliphatic carbocycles. The van der Waals surface area contributed by atoms with Gasteiger partial charge in [-0.15, -0.1) is 0 Å². The fraction of sp³-hybridized carbons (Fsp3) is 0.129. The first-order chi connectivity index (χ1) is 20.7. The molecule has 12 heteroatoms. The van der Waals surface area contributed by atoms with Crippen molar-refractivity contribution in [3.05, 3.63) is 113 Å². The van der Waals surface area contributed by atoms with Crippen LogP contribution in [0.25, 0.3) is 0 Å². The summed E-state index contributed by atoms with van der Waals surface area (Å²) < 4.78 is 45.4. The molecule has 4 N–H and O–H groups in total. The number of halogens is 3. The number of carbonyl (C=O) groups is 1. The number of cyclic esters (lactones) is 1. The van der Waals surface area contributed by atoms with Crippen molar-refractivity contribution >= 4 is 63.1 Å². The van der Waals surface area contributed by atoms with E-state index in [4.69, 9.17) is 4.74 Å². The van der Waals surface area contributed by atoms with E-state index in [-0.39, 0.29) is 29.9 Å².